The first-order valence-corrected chi connectivity index (χ1v) is 6.38. The van der Waals surface area contributed by atoms with Gasteiger partial charge in [0.2, 0.25) is 0 Å². The number of aryl methyl sites for hydroxylation is 1. The highest BCUT2D eigenvalue weighted by molar-refractivity contribution is 6.07. The predicted molar refractivity (Wildman–Crippen MR) is 80.3 cm³/mol. The van der Waals surface area contributed by atoms with Gasteiger partial charge in [0.05, 0.1) is 25.5 Å². The molecule has 0 aliphatic heterocycles. The van der Waals surface area contributed by atoms with Crippen molar-refractivity contribution < 1.29 is 19.4 Å². The van der Waals surface area contributed by atoms with E-state index in [-0.39, 0.29) is 11.7 Å². The highest BCUT2D eigenvalue weighted by atomic mass is 16.5. The molecule has 2 aromatic carbocycles. The Bertz CT molecular complexity index is 667. The zero-order valence-corrected chi connectivity index (χ0v) is 12.1. The molecule has 2 rings (SSSR count). The summed E-state index contributed by atoms with van der Waals surface area (Å²) in [4.78, 5) is 12.3. The summed E-state index contributed by atoms with van der Waals surface area (Å²) >= 11 is 0. The maximum atomic E-state index is 12.3. The molecule has 0 aliphatic carbocycles. The first-order chi connectivity index (χ1) is 10.1. The number of phenolic OH excluding ortho intramolecular Hbond substituents is 1. The van der Waals surface area contributed by atoms with Crippen LogP contribution in [0.4, 0.5) is 5.69 Å². The summed E-state index contributed by atoms with van der Waals surface area (Å²) in [6, 6.07) is 10.1. The minimum Gasteiger partial charge on any atom is -0.506 e. The quantitative estimate of drug-likeness (QED) is 0.848. The van der Waals surface area contributed by atoms with Gasteiger partial charge >= 0.3 is 0 Å². The number of aromatic hydroxyl groups is 1. The molecule has 0 bridgehead atoms. The summed E-state index contributed by atoms with van der Waals surface area (Å²) in [7, 11) is 2.98. The average Bonchev–Trinajstić information content (AvgIpc) is 2.49. The van der Waals surface area contributed by atoms with Crippen LogP contribution in [0.25, 0.3) is 0 Å². The molecular formula is C16H17NO4. The van der Waals surface area contributed by atoms with Crippen molar-refractivity contribution in [1.82, 2.24) is 0 Å². The maximum absolute atomic E-state index is 12.3. The summed E-state index contributed by atoms with van der Waals surface area (Å²) < 4.78 is 10.4. The number of anilines is 1. The van der Waals surface area contributed by atoms with Crippen LogP contribution in [0.2, 0.25) is 0 Å². The number of phenols is 1. The Hall–Kier alpha value is -2.69. The lowest BCUT2D eigenvalue weighted by Gasteiger charge is -2.13. The van der Waals surface area contributed by atoms with Gasteiger partial charge in [-0.15, -0.1) is 0 Å². The van der Waals surface area contributed by atoms with E-state index < -0.39 is 0 Å². The molecule has 5 heteroatoms. The van der Waals surface area contributed by atoms with Gasteiger partial charge in [0.15, 0.2) is 11.5 Å². The highest BCUT2D eigenvalue weighted by Gasteiger charge is 2.17. The van der Waals surface area contributed by atoms with Crippen LogP contribution in [0.1, 0.15) is 15.9 Å². The number of benzene rings is 2. The number of para-hydroxylation sites is 1. The zero-order valence-electron chi connectivity index (χ0n) is 12.1. The second-order valence-corrected chi connectivity index (χ2v) is 4.52. The van der Waals surface area contributed by atoms with E-state index in [1.165, 1.54) is 14.2 Å². The van der Waals surface area contributed by atoms with Crippen LogP contribution >= 0.6 is 0 Å². The van der Waals surface area contributed by atoms with Crippen molar-refractivity contribution in [3.8, 4) is 17.2 Å². The minimum absolute atomic E-state index is 0.0187. The van der Waals surface area contributed by atoms with Crippen LogP contribution in [0.3, 0.4) is 0 Å². The van der Waals surface area contributed by atoms with Gasteiger partial charge in [0.25, 0.3) is 5.91 Å². The molecule has 0 aromatic heterocycles. The summed E-state index contributed by atoms with van der Waals surface area (Å²) in [6.07, 6.45) is 0. The van der Waals surface area contributed by atoms with E-state index in [1.807, 2.05) is 6.92 Å². The molecule has 0 radical (unpaired) electrons. The fourth-order valence-electron chi connectivity index (χ4n) is 2.00. The number of ether oxygens (including phenoxy) is 2. The van der Waals surface area contributed by atoms with Crippen molar-refractivity contribution in [1.29, 1.82) is 0 Å². The van der Waals surface area contributed by atoms with Crippen molar-refractivity contribution in [2.45, 2.75) is 6.92 Å². The molecule has 110 valence electrons. The molecule has 0 spiro atoms. The summed E-state index contributed by atoms with van der Waals surface area (Å²) in [5, 5.41) is 12.5. The molecule has 0 atom stereocenters. The third-order valence-electron chi connectivity index (χ3n) is 3.05. The number of hydrogen-bond acceptors (Lipinski definition) is 4. The summed E-state index contributed by atoms with van der Waals surface area (Å²) in [6.45, 7) is 1.86. The fourth-order valence-corrected chi connectivity index (χ4v) is 2.00. The van der Waals surface area contributed by atoms with Crippen molar-refractivity contribution in [2.24, 2.45) is 0 Å². The first-order valence-electron chi connectivity index (χ1n) is 6.38. The number of hydrogen-bond donors (Lipinski definition) is 2. The largest absolute Gasteiger partial charge is 0.506 e. The molecule has 0 fully saturated rings. The number of methoxy groups -OCH3 is 2. The summed E-state index contributed by atoms with van der Waals surface area (Å²) in [5.74, 6) is 0.456. The Balaban J connectivity index is 2.32. The first kappa shape index (κ1) is 14.7. The predicted octanol–water partition coefficient (Wildman–Crippen LogP) is 2.97. The number of amides is 1. The molecule has 5 nitrogen and oxygen atoms in total. The lowest BCUT2D eigenvalue weighted by Crippen LogP contribution is -2.13. The van der Waals surface area contributed by atoms with E-state index in [2.05, 4.69) is 5.32 Å². The van der Waals surface area contributed by atoms with Gasteiger partial charge in [0.1, 0.15) is 5.75 Å². The third kappa shape index (κ3) is 3.08. The second kappa shape index (κ2) is 6.17. The SMILES string of the molecule is COc1cccc(C(=O)Nc2ccc(C)cc2O)c1OC. The van der Waals surface area contributed by atoms with E-state index in [0.717, 1.165) is 5.56 Å². The van der Waals surface area contributed by atoms with Gasteiger partial charge in [-0.1, -0.05) is 12.1 Å². The third-order valence-corrected chi connectivity index (χ3v) is 3.05. The van der Waals surface area contributed by atoms with E-state index in [4.69, 9.17) is 9.47 Å². The molecule has 1 amide bonds. The van der Waals surface area contributed by atoms with Crippen molar-refractivity contribution in [3.05, 3.63) is 47.5 Å². The number of nitrogens with one attached hydrogen (secondary N) is 1. The standard InChI is InChI=1S/C16H17NO4/c1-10-7-8-12(13(18)9-10)17-16(19)11-5-4-6-14(20-2)15(11)21-3/h4-9,18H,1-3H3,(H,17,19). The number of carbonyl (C=O) groups excluding carboxylic acids is 1. The van der Waals surface area contributed by atoms with Gasteiger partial charge in [-0.05, 0) is 36.8 Å². The van der Waals surface area contributed by atoms with Crippen LogP contribution in [0.15, 0.2) is 36.4 Å². The molecule has 21 heavy (non-hydrogen) atoms. The lowest BCUT2D eigenvalue weighted by atomic mass is 10.1. The second-order valence-electron chi connectivity index (χ2n) is 4.52. The fraction of sp³-hybridized carbons (Fsp3) is 0.188. The van der Waals surface area contributed by atoms with Crippen LogP contribution in [0, 0.1) is 6.92 Å². The van der Waals surface area contributed by atoms with Gasteiger partial charge in [-0.2, -0.15) is 0 Å². The minimum atomic E-state index is -0.384. The van der Waals surface area contributed by atoms with Crippen LogP contribution < -0.4 is 14.8 Å². The van der Waals surface area contributed by atoms with E-state index >= 15 is 0 Å². The Morgan fingerprint density at radius 1 is 1.14 bits per heavy atom. The Kier molecular flexibility index (Phi) is 4.33. The Morgan fingerprint density at radius 2 is 1.90 bits per heavy atom. The molecule has 0 saturated heterocycles. The maximum Gasteiger partial charge on any atom is 0.259 e. The van der Waals surface area contributed by atoms with E-state index in [1.54, 1.807) is 36.4 Å². The van der Waals surface area contributed by atoms with Gasteiger partial charge in [0, 0.05) is 0 Å². The van der Waals surface area contributed by atoms with Crippen LogP contribution in [0.5, 0.6) is 17.2 Å². The Labute approximate surface area is 123 Å². The zero-order chi connectivity index (χ0) is 15.4. The van der Waals surface area contributed by atoms with Crippen molar-refractivity contribution in [2.75, 3.05) is 19.5 Å². The van der Waals surface area contributed by atoms with Crippen LogP contribution in [-0.4, -0.2) is 25.2 Å². The number of rotatable bonds is 4. The average molecular weight is 287 g/mol. The number of carbonyl (C=O) groups is 1. The van der Waals surface area contributed by atoms with Gasteiger partial charge in [-0.3, -0.25) is 4.79 Å². The van der Waals surface area contributed by atoms with Crippen LogP contribution in [-0.2, 0) is 0 Å². The monoisotopic (exact) mass is 287 g/mol. The van der Waals surface area contributed by atoms with Crippen molar-refractivity contribution >= 4 is 11.6 Å². The molecule has 0 saturated carbocycles. The van der Waals surface area contributed by atoms with Gasteiger partial charge < -0.3 is 19.9 Å². The smallest absolute Gasteiger partial charge is 0.259 e. The molecule has 0 aliphatic rings. The molecule has 0 unspecified atom stereocenters. The highest BCUT2D eigenvalue weighted by Crippen LogP contribution is 2.32. The summed E-state index contributed by atoms with van der Waals surface area (Å²) in [5.41, 5.74) is 1.58. The Morgan fingerprint density at radius 3 is 2.52 bits per heavy atom. The van der Waals surface area contributed by atoms with E-state index in [9.17, 15) is 9.90 Å². The molecule has 2 aromatic rings. The van der Waals surface area contributed by atoms with Gasteiger partial charge in [-0.25, -0.2) is 0 Å². The molecule has 0 heterocycles. The topological polar surface area (TPSA) is 67.8 Å². The molecule has 2 N–H and O–H groups in total. The normalized spacial score (nSPS) is 10.0. The lowest BCUT2D eigenvalue weighted by molar-refractivity contribution is 0.102. The molecular weight excluding hydrogens is 270 g/mol. The van der Waals surface area contributed by atoms with E-state index in [0.29, 0.717) is 22.7 Å². The van der Waals surface area contributed by atoms with Crippen molar-refractivity contribution in [3.63, 3.8) is 0 Å².